The Bertz CT molecular complexity index is 1140. The molecule has 3 amide bonds. The van der Waals surface area contributed by atoms with Crippen molar-refractivity contribution in [3.05, 3.63) is 58.7 Å². The van der Waals surface area contributed by atoms with Crippen molar-refractivity contribution in [3.8, 4) is 0 Å². The average molecular weight is 459 g/mol. The largest absolute Gasteiger partial charge is 0.335 e. The van der Waals surface area contributed by atoms with Crippen LogP contribution in [0.1, 0.15) is 27.0 Å². The van der Waals surface area contributed by atoms with E-state index in [1.54, 1.807) is 29.7 Å². The number of amides is 3. The number of nitrogens with one attached hydrogen (secondary N) is 1. The van der Waals surface area contributed by atoms with Crippen LogP contribution in [0.5, 0.6) is 0 Å². The van der Waals surface area contributed by atoms with Gasteiger partial charge < -0.3 is 15.1 Å². The predicted octanol–water partition coefficient (Wildman–Crippen LogP) is 2.85. The summed E-state index contributed by atoms with van der Waals surface area (Å²) in [6, 6.07) is 10.6. The third-order valence-corrected chi connectivity index (χ3v) is 7.69. The summed E-state index contributed by atoms with van der Waals surface area (Å²) in [4.78, 5) is 29.2. The fourth-order valence-corrected chi connectivity index (χ4v) is 4.85. The topological polar surface area (TPSA) is 90.0 Å². The summed E-state index contributed by atoms with van der Waals surface area (Å²) in [5.74, 6) is -0.234. The Hall–Kier alpha value is -2.91. The number of anilines is 1. The monoisotopic (exact) mass is 458 g/mol. The van der Waals surface area contributed by atoms with Crippen LogP contribution in [-0.4, -0.2) is 74.7 Å². The molecule has 0 saturated carbocycles. The molecule has 0 radical (unpaired) electrons. The molecule has 0 spiro atoms. The lowest BCUT2D eigenvalue weighted by molar-refractivity contribution is 0.0671. The maximum Gasteiger partial charge on any atom is 0.321 e. The van der Waals surface area contributed by atoms with E-state index in [0.717, 1.165) is 21.1 Å². The Morgan fingerprint density at radius 3 is 2.16 bits per heavy atom. The number of piperazine rings is 1. The van der Waals surface area contributed by atoms with Gasteiger partial charge in [0.05, 0.1) is 4.90 Å². The van der Waals surface area contributed by atoms with Crippen molar-refractivity contribution in [3.63, 3.8) is 0 Å². The van der Waals surface area contributed by atoms with Crippen LogP contribution in [0.2, 0.25) is 0 Å². The second kappa shape index (κ2) is 9.30. The maximum atomic E-state index is 13.1. The van der Waals surface area contributed by atoms with E-state index in [9.17, 15) is 18.0 Å². The first-order valence-corrected chi connectivity index (χ1v) is 11.9. The molecule has 1 aliphatic rings. The van der Waals surface area contributed by atoms with E-state index in [0.29, 0.717) is 37.3 Å². The fourth-order valence-electron chi connectivity index (χ4n) is 3.64. The van der Waals surface area contributed by atoms with Crippen LogP contribution < -0.4 is 5.32 Å². The van der Waals surface area contributed by atoms with Gasteiger partial charge in [-0.25, -0.2) is 17.5 Å². The van der Waals surface area contributed by atoms with Crippen LogP contribution in [0, 0.1) is 20.8 Å². The van der Waals surface area contributed by atoms with Gasteiger partial charge in [0.1, 0.15) is 0 Å². The number of carbonyl (C=O) groups excluding carboxylic acids is 2. The molecule has 172 valence electrons. The van der Waals surface area contributed by atoms with Gasteiger partial charge >= 0.3 is 6.03 Å². The molecule has 0 aliphatic carbocycles. The molecule has 0 aromatic heterocycles. The number of hydrogen-bond acceptors (Lipinski definition) is 4. The molecule has 1 aliphatic heterocycles. The van der Waals surface area contributed by atoms with Gasteiger partial charge in [-0.1, -0.05) is 12.1 Å². The molecule has 1 N–H and O–H groups in total. The van der Waals surface area contributed by atoms with Crippen molar-refractivity contribution in [2.45, 2.75) is 25.7 Å². The number of urea groups is 1. The van der Waals surface area contributed by atoms with Gasteiger partial charge in [-0.3, -0.25) is 4.79 Å². The lowest BCUT2D eigenvalue weighted by Crippen LogP contribution is -2.51. The van der Waals surface area contributed by atoms with Crippen molar-refractivity contribution >= 4 is 27.6 Å². The minimum absolute atomic E-state index is 0.141. The van der Waals surface area contributed by atoms with Crippen molar-refractivity contribution in [1.29, 1.82) is 0 Å². The molecule has 0 bridgehead atoms. The zero-order valence-corrected chi connectivity index (χ0v) is 20.0. The molecule has 8 nitrogen and oxygen atoms in total. The summed E-state index contributed by atoms with van der Waals surface area (Å²) in [6.07, 6.45) is 0. The minimum Gasteiger partial charge on any atom is -0.335 e. The summed E-state index contributed by atoms with van der Waals surface area (Å²) in [6.45, 7) is 7.06. The van der Waals surface area contributed by atoms with Gasteiger partial charge in [-0.05, 0) is 61.7 Å². The molecule has 1 heterocycles. The Balaban J connectivity index is 1.70. The highest BCUT2D eigenvalue weighted by Crippen LogP contribution is 2.24. The number of carbonyl (C=O) groups is 2. The number of rotatable bonds is 4. The predicted molar refractivity (Wildman–Crippen MR) is 124 cm³/mol. The third kappa shape index (κ3) is 4.94. The SMILES string of the molecule is Cc1cccc(NC(=O)N2CCN(C(=O)c3cc(C)c(C)c(S(=O)(=O)N(C)C)c3)CC2)c1. The van der Waals surface area contributed by atoms with Gasteiger partial charge in [0.25, 0.3) is 5.91 Å². The highest BCUT2D eigenvalue weighted by molar-refractivity contribution is 7.89. The van der Waals surface area contributed by atoms with Crippen LogP contribution in [0.15, 0.2) is 41.3 Å². The maximum absolute atomic E-state index is 13.1. The van der Waals surface area contributed by atoms with Gasteiger partial charge in [-0.2, -0.15) is 0 Å². The molecular formula is C23H30N4O4S. The standard InChI is InChI=1S/C23H30N4O4S/c1-16-7-6-8-20(13-16)24-23(29)27-11-9-26(10-12-27)22(28)19-14-17(2)18(3)21(15-19)32(30,31)25(4)5/h6-8,13-15H,9-12H2,1-5H3,(H,24,29). The van der Waals surface area contributed by atoms with E-state index in [1.165, 1.54) is 20.2 Å². The average Bonchev–Trinajstić information content (AvgIpc) is 2.74. The molecule has 1 saturated heterocycles. The summed E-state index contributed by atoms with van der Waals surface area (Å²) < 4.78 is 26.5. The van der Waals surface area contributed by atoms with Crippen molar-refractivity contribution in [2.75, 3.05) is 45.6 Å². The highest BCUT2D eigenvalue weighted by atomic mass is 32.2. The van der Waals surface area contributed by atoms with Crippen molar-refractivity contribution < 1.29 is 18.0 Å². The Morgan fingerprint density at radius 2 is 1.56 bits per heavy atom. The van der Waals surface area contributed by atoms with Crippen LogP contribution in [0.25, 0.3) is 0 Å². The zero-order valence-electron chi connectivity index (χ0n) is 19.2. The van der Waals surface area contributed by atoms with E-state index in [4.69, 9.17) is 0 Å². The Kier molecular flexibility index (Phi) is 6.90. The quantitative estimate of drug-likeness (QED) is 0.763. The van der Waals surface area contributed by atoms with Gasteiger partial charge in [0, 0.05) is 51.5 Å². The summed E-state index contributed by atoms with van der Waals surface area (Å²) in [5.41, 5.74) is 3.51. The molecule has 3 rings (SSSR count). The molecule has 2 aromatic rings. The second-order valence-corrected chi connectivity index (χ2v) is 10.4. The number of sulfonamides is 1. The normalized spacial score (nSPS) is 14.6. The second-order valence-electron chi connectivity index (χ2n) is 8.28. The smallest absolute Gasteiger partial charge is 0.321 e. The lowest BCUT2D eigenvalue weighted by Gasteiger charge is -2.35. The van der Waals surface area contributed by atoms with E-state index < -0.39 is 10.0 Å². The first-order chi connectivity index (χ1) is 15.0. The van der Waals surface area contributed by atoms with E-state index >= 15 is 0 Å². The van der Waals surface area contributed by atoms with Gasteiger partial charge in [-0.15, -0.1) is 0 Å². The molecule has 32 heavy (non-hydrogen) atoms. The minimum atomic E-state index is -3.67. The van der Waals surface area contributed by atoms with Gasteiger partial charge in [0.15, 0.2) is 0 Å². The van der Waals surface area contributed by atoms with E-state index in [2.05, 4.69) is 5.32 Å². The van der Waals surface area contributed by atoms with Crippen molar-refractivity contribution in [2.24, 2.45) is 0 Å². The molecule has 2 aromatic carbocycles. The highest BCUT2D eigenvalue weighted by Gasteiger charge is 2.28. The summed E-state index contributed by atoms with van der Waals surface area (Å²) >= 11 is 0. The van der Waals surface area contributed by atoms with Crippen LogP contribution >= 0.6 is 0 Å². The molecular weight excluding hydrogens is 428 g/mol. The lowest BCUT2D eigenvalue weighted by atomic mass is 10.0. The van der Waals surface area contributed by atoms with Crippen molar-refractivity contribution in [1.82, 2.24) is 14.1 Å². The molecule has 9 heteroatoms. The first kappa shape index (κ1) is 23.7. The molecule has 1 fully saturated rings. The Labute approximate surface area is 189 Å². The van der Waals surface area contributed by atoms with E-state index in [1.807, 2.05) is 31.2 Å². The third-order valence-electron chi connectivity index (χ3n) is 5.75. The Morgan fingerprint density at radius 1 is 0.938 bits per heavy atom. The fraction of sp³-hybridized carbons (Fsp3) is 0.391. The number of aryl methyl sites for hydroxylation is 2. The number of nitrogens with zero attached hydrogens (tertiary/aromatic N) is 3. The first-order valence-electron chi connectivity index (χ1n) is 10.5. The summed E-state index contributed by atoms with van der Waals surface area (Å²) in [5, 5.41) is 2.89. The van der Waals surface area contributed by atoms with Crippen LogP contribution in [-0.2, 0) is 10.0 Å². The number of hydrogen-bond donors (Lipinski definition) is 1. The van der Waals surface area contributed by atoms with Gasteiger partial charge in [0.2, 0.25) is 10.0 Å². The summed E-state index contributed by atoms with van der Waals surface area (Å²) in [7, 11) is -0.725. The molecule has 0 unspecified atom stereocenters. The van der Waals surface area contributed by atoms with E-state index in [-0.39, 0.29) is 16.8 Å². The zero-order chi connectivity index (χ0) is 23.6. The van der Waals surface area contributed by atoms with Crippen LogP contribution in [0.3, 0.4) is 0 Å². The van der Waals surface area contributed by atoms with Crippen LogP contribution in [0.4, 0.5) is 10.5 Å². The number of benzene rings is 2. The molecule has 0 atom stereocenters.